The van der Waals surface area contributed by atoms with E-state index in [9.17, 15) is 28.1 Å². The maximum Gasteiger partial charge on any atom is 0.416 e. The minimum absolute atomic E-state index is 0.0940. The Morgan fingerprint density at radius 3 is 2.43 bits per heavy atom. The lowest BCUT2D eigenvalue weighted by molar-refractivity contribution is -0.385. The Labute approximate surface area is 130 Å². The summed E-state index contributed by atoms with van der Waals surface area (Å²) in [5, 5.41) is 22.3. The summed E-state index contributed by atoms with van der Waals surface area (Å²) in [6.45, 7) is 3.56. The molecule has 1 amide bonds. The van der Waals surface area contributed by atoms with E-state index in [0.29, 0.717) is 18.6 Å². The SMILES string of the molecule is CC(C)(CCO)CNC(=O)c1ccc(C(F)(F)F)cc1[N+](=O)[O-]. The van der Waals surface area contributed by atoms with Crippen LogP contribution in [0.2, 0.25) is 0 Å². The van der Waals surface area contributed by atoms with E-state index in [1.165, 1.54) is 0 Å². The van der Waals surface area contributed by atoms with Gasteiger partial charge >= 0.3 is 6.18 Å². The smallest absolute Gasteiger partial charge is 0.396 e. The summed E-state index contributed by atoms with van der Waals surface area (Å²) in [7, 11) is 0. The van der Waals surface area contributed by atoms with E-state index in [4.69, 9.17) is 5.11 Å². The standard InChI is InChI=1S/C14H17F3N2O4/c1-13(2,5-6-20)8-18-12(21)10-4-3-9(14(15,16)17)7-11(10)19(22)23/h3-4,7,20H,5-6,8H2,1-2H3,(H,18,21). The molecule has 0 spiro atoms. The third-order valence-electron chi connectivity index (χ3n) is 3.28. The van der Waals surface area contributed by atoms with Crippen LogP contribution in [0.4, 0.5) is 18.9 Å². The first-order valence-electron chi connectivity index (χ1n) is 6.72. The molecule has 23 heavy (non-hydrogen) atoms. The van der Waals surface area contributed by atoms with Gasteiger partial charge in [0, 0.05) is 19.2 Å². The topological polar surface area (TPSA) is 92.5 Å². The summed E-state index contributed by atoms with van der Waals surface area (Å²) in [6.07, 6.45) is -4.34. The van der Waals surface area contributed by atoms with Gasteiger partial charge in [-0.15, -0.1) is 0 Å². The molecule has 0 saturated carbocycles. The second kappa shape index (κ2) is 6.95. The van der Waals surface area contributed by atoms with Crippen molar-refractivity contribution in [3.05, 3.63) is 39.4 Å². The Balaban J connectivity index is 3.03. The summed E-state index contributed by atoms with van der Waals surface area (Å²) in [5.41, 5.74) is -2.99. The number of halogens is 3. The number of nitrogens with zero attached hydrogens (tertiary/aromatic N) is 1. The molecular formula is C14H17F3N2O4. The van der Waals surface area contributed by atoms with E-state index in [0.717, 1.165) is 6.07 Å². The largest absolute Gasteiger partial charge is 0.416 e. The number of amides is 1. The summed E-state index contributed by atoms with van der Waals surface area (Å²) in [6, 6.07) is 1.75. The molecule has 0 atom stereocenters. The summed E-state index contributed by atoms with van der Waals surface area (Å²) < 4.78 is 37.8. The number of alkyl halides is 3. The summed E-state index contributed by atoms with van der Waals surface area (Å²) in [5.74, 6) is -0.837. The highest BCUT2D eigenvalue weighted by Gasteiger charge is 2.34. The van der Waals surface area contributed by atoms with Crippen molar-refractivity contribution >= 4 is 11.6 Å². The lowest BCUT2D eigenvalue weighted by Crippen LogP contribution is -2.34. The van der Waals surface area contributed by atoms with Gasteiger partial charge in [0.25, 0.3) is 11.6 Å². The highest BCUT2D eigenvalue weighted by Crippen LogP contribution is 2.33. The van der Waals surface area contributed by atoms with Crippen LogP contribution >= 0.6 is 0 Å². The van der Waals surface area contributed by atoms with Crippen LogP contribution in [-0.2, 0) is 6.18 Å². The molecule has 0 aromatic heterocycles. The van der Waals surface area contributed by atoms with Gasteiger partial charge in [0.15, 0.2) is 0 Å². The van der Waals surface area contributed by atoms with Crippen molar-refractivity contribution in [1.29, 1.82) is 0 Å². The molecule has 0 bridgehead atoms. The van der Waals surface area contributed by atoms with Crippen molar-refractivity contribution in [1.82, 2.24) is 5.32 Å². The average molecular weight is 334 g/mol. The monoisotopic (exact) mass is 334 g/mol. The fourth-order valence-corrected chi connectivity index (χ4v) is 1.86. The molecule has 0 unspecified atom stereocenters. The molecule has 1 aromatic carbocycles. The molecule has 0 radical (unpaired) electrons. The normalized spacial score (nSPS) is 12.1. The number of aliphatic hydroxyl groups is 1. The molecule has 6 nitrogen and oxygen atoms in total. The Morgan fingerprint density at radius 2 is 1.96 bits per heavy atom. The number of benzene rings is 1. The van der Waals surface area contributed by atoms with Crippen molar-refractivity contribution in [3.63, 3.8) is 0 Å². The zero-order valence-electron chi connectivity index (χ0n) is 12.6. The molecule has 1 aromatic rings. The second-order valence-electron chi connectivity index (χ2n) is 5.81. The predicted octanol–water partition coefficient (Wildman–Crippen LogP) is 2.75. The molecule has 1 rings (SSSR count). The van der Waals surface area contributed by atoms with Crippen LogP contribution in [0.5, 0.6) is 0 Å². The molecule has 128 valence electrons. The Kier molecular flexibility index (Phi) is 5.70. The van der Waals surface area contributed by atoms with Crippen molar-refractivity contribution in [2.75, 3.05) is 13.2 Å². The van der Waals surface area contributed by atoms with Crippen LogP contribution in [0.25, 0.3) is 0 Å². The van der Waals surface area contributed by atoms with Crippen LogP contribution in [-0.4, -0.2) is 29.1 Å². The summed E-state index contributed by atoms with van der Waals surface area (Å²) in [4.78, 5) is 21.9. The van der Waals surface area contributed by atoms with Crippen LogP contribution in [0.3, 0.4) is 0 Å². The van der Waals surface area contributed by atoms with E-state index in [1.54, 1.807) is 13.8 Å². The zero-order valence-corrected chi connectivity index (χ0v) is 12.6. The van der Waals surface area contributed by atoms with Gasteiger partial charge < -0.3 is 10.4 Å². The number of hydrogen-bond acceptors (Lipinski definition) is 4. The first-order valence-corrected chi connectivity index (χ1v) is 6.72. The zero-order chi connectivity index (χ0) is 17.8. The Morgan fingerprint density at radius 1 is 1.35 bits per heavy atom. The van der Waals surface area contributed by atoms with E-state index >= 15 is 0 Å². The number of aliphatic hydroxyl groups excluding tert-OH is 1. The number of nitrogens with one attached hydrogen (secondary N) is 1. The van der Waals surface area contributed by atoms with Crippen LogP contribution in [0, 0.1) is 15.5 Å². The molecule has 0 heterocycles. The van der Waals surface area contributed by atoms with Gasteiger partial charge in [-0.1, -0.05) is 13.8 Å². The van der Waals surface area contributed by atoms with E-state index < -0.39 is 39.2 Å². The van der Waals surface area contributed by atoms with Gasteiger partial charge in [0.2, 0.25) is 0 Å². The van der Waals surface area contributed by atoms with Crippen LogP contribution < -0.4 is 5.32 Å². The number of nitro benzene ring substituents is 1. The fraction of sp³-hybridized carbons (Fsp3) is 0.500. The number of carbonyl (C=O) groups is 1. The lowest BCUT2D eigenvalue weighted by Gasteiger charge is -2.23. The molecule has 2 N–H and O–H groups in total. The highest BCUT2D eigenvalue weighted by molar-refractivity contribution is 5.98. The number of hydrogen-bond donors (Lipinski definition) is 2. The Hall–Kier alpha value is -2.16. The fourth-order valence-electron chi connectivity index (χ4n) is 1.86. The number of nitro groups is 1. The maximum absolute atomic E-state index is 12.6. The minimum atomic E-state index is -4.73. The molecule has 9 heteroatoms. The Bertz CT molecular complexity index is 600. The molecule has 0 saturated heterocycles. The van der Waals surface area contributed by atoms with Gasteiger partial charge in [-0.3, -0.25) is 14.9 Å². The van der Waals surface area contributed by atoms with E-state index in [1.807, 2.05) is 0 Å². The van der Waals surface area contributed by atoms with Crippen LogP contribution in [0.1, 0.15) is 36.2 Å². The van der Waals surface area contributed by atoms with Gasteiger partial charge in [-0.2, -0.15) is 13.2 Å². The molecule has 0 aliphatic carbocycles. The average Bonchev–Trinajstić information content (AvgIpc) is 2.43. The van der Waals surface area contributed by atoms with E-state index in [2.05, 4.69) is 5.32 Å². The second-order valence-corrected chi connectivity index (χ2v) is 5.81. The van der Waals surface area contributed by atoms with Gasteiger partial charge in [0.1, 0.15) is 5.56 Å². The van der Waals surface area contributed by atoms with Gasteiger partial charge in [0.05, 0.1) is 10.5 Å². The van der Waals surface area contributed by atoms with Crippen LogP contribution in [0.15, 0.2) is 18.2 Å². The first kappa shape index (κ1) is 18.9. The predicted molar refractivity (Wildman–Crippen MR) is 75.9 cm³/mol. The maximum atomic E-state index is 12.6. The quantitative estimate of drug-likeness (QED) is 0.618. The lowest BCUT2D eigenvalue weighted by atomic mass is 9.89. The minimum Gasteiger partial charge on any atom is -0.396 e. The third-order valence-corrected chi connectivity index (χ3v) is 3.28. The van der Waals surface area contributed by atoms with Crippen molar-refractivity contribution in [2.24, 2.45) is 5.41 Å². The number of rotatable bonds is 6. The molecular weight excluding hydrogens is 317 g/mol. The van der Waals surface area contributed by atoms with E-state index in [-0.39, 0.29) is 13.2 Å². The molecule has 0 aliphatic heterocycles. The van der Waals surface area contributed by atoms with Crippen molar-refractivity contribution in [2.45, 2.75) is 26.4 Å². The number of carbonyl (C=O) groups excluding carboxylic acids is 1. The van der Waals surface area contributed by atoms with Crippen molar-refractivity contribution < 1.29 is 28.0 Å². The van der Waals surface area contributed by atoms with Crippen molar-refractivity contribution in [3.8, 4) is 0 Å². The molecule has 0 aliphatic rings. The third kappa shape index (κ3) is 5.20. The summed E-state index contributed by atoms with van der Waals surface area (Å²) >= 11 is 0. The van der Waals surface area contributed by atoms with Gasteiger partial charge in [-0.05, 0) is 24.0 Å². The highest BCUT2D eigenvalue weighted by atomic mass is 19.4. The molecule has 0 fully saturated rings. The first-order chi connectivity index (χ1) is 10.5. The van der Waals surface area contributed by atoms with Gasteiger partial charge in [-0.25, -0.2) is 0 Å².